The molecule has 0 unspecified atom stereocenters. The maximum Gasteiger partial charge on any atom is 0.243 e. The highest BCUT2D eigenvalue weighted by molar-refractivity contribution is 7.89. The maximum absolute atomic E-state index is 13.7. The van der Waals surface area contributed by atoms with Crippen molar-refractivity contribution in [3.63, 3.8) is 0 Å². The minimum Gasteiger partial charge on any atom is -0.368 e. The van der Waals surface area contributed by atoms with Crippen LogP contribution in [0.2, 0.25) is 0 Å². The number of nitrogens with zero attached hydrogens (tertiary/aromatic N) is 5. The second-order valence-corrected chi connectivity index (χ2v) is 14.2. The molecule has 2 aromatic carbocycles. The van der Waals surface area contributed by atoms with Gasteiger partial charge in [-0.25, -0.2) is 13.4 Å². The number of benzene rings is 2. The highest BCUT2D eigenvalue weighted by Gasteiger charge is 2.33. The van der Waals surface area contributed by atoms with Gasteiger partial charge in [0.05, 0.1) is 4.90 Å². The molecule has 3 heterocycles. The molecule has 10 nitrogen and oxygen atoms in total. The molecule has 0 bridgehead atoms. The van der Waals surface area contributed by atoms with Gasteiger partial charge in [-0.05, 0) is 62.8 Å². The third kappa shape index (κ3) is 5.01. The van der Waals surface area contributed by atoms with Gasteiger partial charge in [-0.1, -0.05) is 49.2 Å². The predicted molar refractivity (Wildman–Crippen MR) is 166 cm³/mol. The average Bonchev–Trinajstić information content (AvgIpc) is 3.66. The van der Waals surface area contributed by atoms with Crippen molar-refractivity contribution < 1.29 is 8.42 Å². The summed E-state index contributed by atoms with van der Waals surface area (Å²) in [5.41, 5.74) is 14.1. The van der Waals surface area contributed by atoms with Crippen molar-refractivity contribution in [1.82, 2.24) is 23.8 Å². The summed E-state index contributed by atoms with van der Waals surface area (Å²) in [6, 6.07) is 13.8. The zero-order chi connectivity index (χ0) is 28.8. The molecule has 4 aromatic rings. The van der Waals surface area contributed by atoms with Crippen molar-refractivity contribution in [2.24, 2.45) is 5.73 Å². The number of hydrogen-bond donors (Lipinski definition) is 3. The van der Waals surface area contributed by atoms with Crippen LogP contribution in [-0.4, -0.2) is 57.4 Å². The fraction of sp³-hybridized carbons (Fsp3) is 0.516. The molecular formula is C31H40N8O2S. The molecule has 1 saturated heterocycles. The van der Waals surface area contributed by atoms with Gasteiger partial charge in [-0.3, -0.25) is 0 Å². The third-order valence-corrected chi connectivity index (χ3v) is 11.5. The number of nitrogens with one attached hydrogen (secondary N) is 1. The van der Waals surface area contributed by atoms with Crippen LogP contribution in [0.5, 0.6) is 0 Å². The van der Waals surface area contributed by atoms with Gasteiger partial charge in [-0.2, -0.15) is 14.3 Å². The minimum atomic E-state index is -3.62. The number of sulfonamides is 1. The maximum atomic E-state index is 13.7. The van der Waals surface area contributed by atoms with Gasteiger partial charge in [0.25, 0.3) is 0 Å². The number of imidazole rings is 1. The first kappa shape index (κ1) is 27.5. The number of piperidine rings is 1. The first-order chi connectivity index (χ1) is 20.4. The van der Waals surface area contributed by atoms with E-state index in [1.807, 2.05) is 36.4 Å². The molecule has 2 aliphatic carbocycles. The molecule has 3 fully saturated rings. The Hall–Kier alpha value is -3.28. The van der Waals surface area contributed by atoms with E-state index in [-0.39, 0.29) is 18.0 Å². The Kier molecular flexibility index (Phi) is 7.27. The monoisotopic (exact) mass is 588 g/mol. The Morgan fingerprint density at radius 3 is 2.31 bits per heavy atom. The van der Waals surface area contributed by atoms with Crippen LogP contribution >= 0.6 is 0 Å². The van der Waals surface area contributed by atoms with Crippen molar-refractivity contribution in [3.8, 4) is 0 Å². The summed E-state index contributed by atoms with van der Waals surface area (Å²) < 4.78 is 31.3. The molecular weight excluding hydrogens is 548 g/mol. The summed E-state index contributed by atoms with van der Waals surface area (Å²) >= 11 is 0. The summed E-state index contributed by atoms with van der Waals surface area (Å²) in [6.07, 6.45) is 10.1. The van der Waals surface area contributed by atoms with Gasteiger partial charge >= 0.3 is 0 Å². The molecule has 42 heavy (non-hydrogen) atoms. The molecule has 2 aromatic heterocycles. The number of fused-ring (bicyclic) bond motifs is 2. The van der Waals surface area contributed by atoms with Crippen LogP contribution < -0.4 is 16.8 Å². The molecule has 222 valence electrons. The molecule has 0 radical (unpaired) electrons. The topological polar surface area (TPSA) is 145 Å². The fourth-order valence-corrected chi connectivity index (χ4v) is 8.97. The number of aromatic nitrogens is 4. The highest BCUT2D eigenvalue weighted by Crippen LogP contribution is 2.40. The molecule has 0 atom stereocenters. The van der Waals surface area contributed by atoms with Crippen LogP contribution in [0.15, 0.2) is 47.4 Å². The largest absolute Gasteiger partial charge is 0.368 e. The Bertz CT molecular complexity index is 1690. The van der Waals surface area contributed by atoms with Crippen LogP contribution in [0.1, 0.15) is 82.0 Å². The number of nitrogens with two attached hydrogens (primary N) is 2. The summed E-state index contributed by atoms with van der Waals surface area (Å²) in [4.78, 5) is 14.9. The third-order valence-electron chi connectivity index (χ3n) is 9.57. The SMILES string of the molecule is Nc1nc(NC2CCN(S(=O)(=O)c3cccc4ccccc34)CC2)c2nc(C3CCC(N)CC3)n(C3CCCC3)c2n1. The molecule has 2 saturated carbocycles. The lowest BCUT2D eigenvalue weighted by Gasteiger charge is -2.32. The van der Waals surface area contributed by atoms with E-state index < -0.39 is 10.0 Å². The van der Waals surface area contributed by atoms with E-state index in [0.717, 1.165) is 66.3 Å². The van der Waals surface area contributed by atoms with E-state index in [1.165, 1.54) is 12.8 Å². The molecule has 1 aliphatic heterocycles. The van der Waals surface area contributed by atoms with Gasteiger partial charge in [0.1, 0.15) is 5.82 Å². The number of rotatable bonds is 6. The van der Waals surface area contributed by atoms with Crippen LogP contribution in [0, 0.1) is 0 Å². The van der Waals surface area contributed by atoms with E-state index in [4.69, 9.17) is 21.4 Å². The van der Waals surface area contributed by atoms with Crippen LogP contribution in [0.25, 0.3) is 21.9 Å². The van der Waals surface area contributed by atoms with Crippen molar-refractivity contribution in [2.45, 2.75) is 93.1 Å². The molecule has 11 heteroatoms. The minimum absolute atomic E-state index is 0.0502. The first-order valence-corrected chi connectivity index (χ1v) is 16.9. The van der Waals surface area contributed by atoms with Crippen molar-refractivity contribution >= 4 is 43.7 Å². The van der Waals surface area contributed by atoms with E-state index >= 15 is 0 Å². The smallest absolute Gasteiger partial charge is 0.243 e. The standard InChI is InChI=1S/C31H40N8O2S/c32-22-14-12-21(13-15-22)29-35-27-28(36-31(33)37-30(27)39(29)24-8-2-3-9-24)34-23-16-18-38(19-17-23)42(40,41)26-11-5-7-20-6-1-4-10-25(20)26/h1,4-7,10-11,21-24H,2-3,8-9,12-19,32H2,(H3,33,34,36,37). The lowest BCUT2D eigenvalue weighted by molar-refractivity contribution is 0.330. The van der Waals surface area contributed by atoms with Gasteiger partial charge < -0.3 is 21.4 Å². The molecule has 3 aliphatic rings. The Balaban J connectivity index is 1.14. The number of anilines is 2. The van der Waals surface area contributed by atoms with Crippen molar-refractivity contribution in [2.75, 3.05) is 24.1 Å². The number of nitrogen functional groups attached to an aromatic ring is 1. The second kappa shape index (κ2) is 11.1. The Labute approximate surface area is 247 Å². The summed E-state index contributed by atoms with van der Waals surface area (Å²) in [5.74, 6) is 2.34. The highest BCUT2D eigenvalue weighted by atomic mass is 32.2. The molecule has 0 spiro atoms. The van der Waals surface area contributed by atoms with Gasteiger partial charge in [-0.15, -0.1) is 0 Å². The van der Waals surface area contributed by atoms with Crippen LogP contribution in [0.4, 0.5) is 11.8 Å². The summed E-state index contributed by atoms with van der Waals surface area (Å²) in [7, 11) is -3.62. The van der Waals surface area contributed by atoms with Gasteiger partial charge in [0.15, 0.2) is 17.0 Å². The fourth-order valence-electron chi connectivity index (χ4n) is 7.29. The number of hydrogen-bond acceptors (Lipinski definition) is 8. The van der Waals surface area contributed by atoms with Crippen LogP contribution in [-0.2, 0) is 10.0 Å². The Morgan fingerprint density at radius 1 is 0.833 bits per heavy atom. The second-order valence-electron chi connectivity index (χ2n) is 12.3. The predicted octanol–water partition coefficient (Wildman–Crippen LogP) is 4.93. The molecule has 0 amide bonds. The van der Waals surface area contributed by atoms with Gasteiger partial charge in [0, 0.05) is 42.5 Å². The normalized spacial score (nSPS) is 23.2. The summed E-state index contributed by atoms with van der Waals surface area (Å²) in [6.45, 7) is 0.855. The van der Waals surface area contributed by atoms with E-state index in [0.29, 0.717) is 48.6 Å². The molecule has 5 N–H and O–H groups in total. The van der Waals surface area contributed by atoms with E-state index in [2.05, 4.69) is 14.9 Å². The van der Waals surface area contributed by atoms with Gasteiger partial charge in [0.2, 0.25) is 16.0 Å². The first-order valence-electron chi connectivity index (χ1n) is 15.4. The lowest BCUT2D eigenvalue weighted by Crippen LogP contribution is -2.42. The lowest BCUT2D eigenvalue weighted by atomic mass is 9.86. The zero-order valence-electron chi connectivity index (χ0n) is 24.0. The van der Waals surface area contributed by atoms with Crippen LogP contribution in [0.3, 0.4) is 0 Å². The van der Waals surface area contributed by atoms with Crippen molar-refractivity contribution in [1.29, 1.82) is 0 Å². The van der Waals surface area contributed by atoms with E-state index in [9.17, 15) is 8.42 Å². The molecule has 7 rings (SSSR count). The van der Waals surface area contributed by atoms with E-state index in [1.54, 1.807) is 10.4 Å². The van der Waals surface area contributed by atoms with Crippen molar-refractivity contribution in [3.05, 3.63) is 48.3 Å². The summed E-state index contributed by atoms with van der Waals surface area (Å²) in [5, 5.41) is 5.28. The zero-order valence-corrected chi connectivity index (χ0v) is 24.8. The quantitative estimate of drug-likeness (QED) is 0.288. The average molecular weight is 589 g/mol. The Morgan fingerprint density at radius 2 is 1.55 bits per heavy atom.